The predicted molar refractivity (Wildman–Crippen MR) is 167 cm³/mol. The Hall–Kier alpha value is -2.96. The van der Waals surface area contributed by atoms with Crippen LogP contribution in [0.5, 0.6) is 0 Å². The van der Waals surface area contributed by atoms with E-state index in [1.54, 1.807) is 0 Å². The van der Waals surface area contributed by atoms with Crippen molar-refractivity contribution in [3.8, 4) is 0 Å². The lowest BCUT2D eigenvalue weighted by Crippen LogP contribution is -2.54. The number of piperazine rings is 2. The standard InChI is InChI=1S/C33H44ClN5O/c1-5-6-10-27-11-9-12-29(21-27)38-19-20-39(25(2)23-38)33(40)32-22-28(26(3)35(32)4)24-36-15-17-37(18-16-36)31-14-8-7-13-30(31)34/h7-9,11-14,21-22,25H,5-6,10,15-20,23-24H2,1-4H3/t25-/m0/s1. The van der Waals surface area contributed by atoms with Crippen LogP contribution in [0.15, 0.2) is 54.6 Å². The molecule has 7 heteroatoms. The van der Waals surface area contributed by atoms with E-state index in [0.717, 1.165) is 75.2 Å². The van der Waals surface area contributed by atoms with Gasteiger partial charge in [-0.25, -0.2) is 0 Å². The van der Waals surface area contributed by atoms with Gasteiger partial charge in [-0.05, 0) is 68.1 Å². The van der Waals surface area contributed by atoms with Crippen LogP contribution in [0, 0.1) is 6.92 Å². The molecule has 0 radical (unpaired) electrons. The molecule has 40 heavy (non-hydrogen) atoms. The first-order valence-corrected chi connectivity index (χ1v) is 15.3. The van der Waals surface area contributed by atoms with Crippen LogP contribution in [-0.4, -0.2) is 72.1 Å². The fourth-order valence-electron chi connectivity index (χ4n) is 6.15. The predicted octanol–water partition coefficient (Wildman–Crippen LogP) is 6.00. The lowest BCUT2D eigenvalue weighted by molar-refractivity contribution is 0.0664. The Kier molecular flexibility index (Phi) is 9.07. The maximum absolute atomic E-state index is 13.8. The number of unbranched alkanes of at least 4 members (excludes halogenated alkanes) is 1. The number of para-hydroxylation sites is 1. The van der Waals surface area contributed by atoms with Gasteiger partial charge in [0.15, 0.2) is 0 Å². The summed E-state index contributed by atoms with van der Waals surface area (Å²) >= 11 is 6.43. The van der Waals surface area contributed by atoms with Crippen molar-refractivity contribution < 1.29 is 4.79 Å². The molecule has 2 saturated heterocycles. The highest BCUT2D eigenvalue weighted by molar-refractivity contribution is 6.33. The third-order valence-corrected chi connectivity index (χ3v) is 9.12. The Bertz CT molecular complexity index is 1310. The van der Waals surface area contributed by atoms with Gasteiger partial charge in [0.25, 0.3) is 5.91 Å². The van der Waals surface area contributed by atoms with Gasteiger partial charge in [-0.2, -0.15) is 0 Å². The quantitative estimate of drug-likeness (QED) is 0.338. The minimum Gasteiger partial charge on any atom is -0.368 e. The van der Waals surface area contributed by atoms with Gasteiger partial charge in [0, 0.05) is 76.8 Å². The molecule has 0 spiro atoms. The normalized spacial score (nSPS) is 18.4. The molecule has 3 heterocycles. The Labute approximate surface area is 245 Å². The Balaban J connectivity index is 1.20. The lowest BCUT2D eigenvalue weighted by atomic mass is 10.1. The van der Waals surface area contributed by atoms with Crippen LogP contribution in [0.25, 0.3) is 0 Å². The van der Waals surface area contributed by atoms with Gasteiger partial charge < -0.3 is 19.3 Å². The first-order valence-electron chi connectivity index (χ1n) is 14.9. The van der Waals surface area contributed by atoms with Crippen LogP contribution < -0.4 is 9.80 Å². The van der Waals surface area contributed by atoms with Gasteiger partial charge in [0.1, 0.15) is 5.69 Å². The topological polar surface area (TPSA) is 35.0 Å². The van der Waals surface area contributed by atoms with E-state index in [9.17, 15) is 4.79 Å². The number of aryl methyl sites for hydroxylation is 1. The first kappa shape index (κ1) is 28.6. The number of benzene rings is 2. The molecule has 0 aliphatic carbocycles. The minimum absolute atomic E-state index is 0.143. The highest BCUT2D eigenvalue weighted by Crippen LogP contribution is 2.27. The molecule has 3 aromatic rings. The Morgan fingerprint density at radius 2 is 1.70 bits per heavy atom. The maximum Gasteiger partial charge on any atom is 0.270 e. The fourth-order valence-corrected chi connectivity index (χ4v) is 6.41. The zero-order chi connectivity index (χ0) is 28.2. The summed E-state index contributed by atoms with van der Waals surface area (Å²) < 4.78 is 2.09. The van der Waals surface area contributed by atoms with Crippen molar-refractivity contribution in [2.24, 2.45) is 7.05 Å². The SMILES string of the molecule is CCCCc1cccc(N2CCN(C(=O)c3cc(CN4CCN(c5ccccc5Cl)CC4)c(C)n3C)[C@@H](C)C2)c1. The summed E-state index contributed by atoms with van der Waals surface area (Å²) in [6, 6.07) is 19.3. The third kappa shape index (κ3) is 6.18. The molecule has 0 N–H and O–H groups in total. The van der Waals surface area contributed by atoms with Gasteiger partial charge in [-0.1, -0.05) is 49.2 Å². The van der Waals surface area contributed by atoms with E-state index in [1.165, 1.54) is 35.3 Å². The van der Waals surface area contributed by atoms with E-state index < -0.39 is 0 Å². The third-order valence-electron chi connectivity index (χ3n) is 8.80. The van der Waals surface area contributed by atoms with Crippen molar-refractivity contribution in [1.82, 2.24) is 14.4 Å². The van der Waals surface area contributed by atoms with Gasteiger partial charge in [-0.3, -0.25) is 9.69 Å². The van der Waals surface area contributed by atoms with Crippen LogP contribution >= 0.6 is 11.6 Å². The molecule has 0 saturated carbocycles. The number of carbonyl (C=O) groups excluding carboxylic acids is 1. The van der Waals surface area contributed by atoms with E-state index in [1.807, 2.05) is 25.2 Å². The Morgan fingerprint density at radius 1 is 0.950 bits per heavy atom. The molecule has 2 aliphatic rings. The van der Waals surface area contributed by atoms with Crippen molar-refractivity contribution in [2.75, 3.05) is 55.6 Å². The molecule has 1 amide bonds. The highest BCUT2D eigenvalue weighted by Gasteiger charge is 2.31. The average Bonchev–Trinajstić information content (AvgIpc) is 3.25. The van der Waals surface area contributed by atoms with Gasteiger partial charge >= 0.3 is 0 Å². The monoisotopic (exact) mass is 561 g/mol. The van der Waals surface area contributed by atoms with Crippen molar-refractivity contribution in [3.05, 3.63) is 82.1 Å². The second-order valence-electron chi connectivity index (χ2n) is 11.5. The summed E-state index contributed by atoms with van der Waals surface area (Å²) in [5.41, 5.74) is 7.01. The molecule has 2 aliphatic heterocycles. The van der Waals surface area contributed by atoms with Crippen LogP contribution in [0.3, 0.4) is 0 Å². The van der Waals surface area contributed by atoms with Crippen molar-refractivity contribution in [2.45, 2.75) is 52.6 Å². The number of hydrogen-bond donors (Lipinski definition) is 0. The number of hydrogen-bond acceptors (Lipinski definition) is 4. The smallest absolute Gasteiger partial charge is 0.270 e. The molecule has 2 fully saturated rings. The molecule has 0 unspecified atom stereocenters. The number of halogens is 1. The second kappa shape index (κ2) is 12.7. The minimum atomic E-state index is 0.143. The highest BCUT2D eigenvalue weighted by atomic mass is 35.5. The molecule has 6 nitrogen and oxygen atoms in total. The molecule has 1 aromatic heterocycles. The largest absolute Gasteiger partial charge is 0.368 e. The summed E-state index contributed by atoms with van der Waals surface area (Å²) in [5.74, 6) is 0.143. The molecule has 214 valence electrons. The number of amides is 1. The molecule has 5 rings (SSSR count). The van der Waals surface area contributed by atoms with Gasteiger partial charge in [0.05, 0.1) is 10.7 Å². The van der Waals surface area contributed by atoms with E-state index in [4.69, 9.17) is 11.6 Å². The van der Waals surface area contributed by atoms with Crippen molar-refractivity contribution >= 4 is 28.9 Å². The van der Waals surface area contributed by atoms with Crippen LogP contribution in [-0.2, 0) is 20.0 Å². The summed E-state index contributed by atoms with van der Waals surface area (Å²) in [5, 5.41) is 0.813. The number of nitrogens with zero attached hydrogens (tertiary/aromatic N) is 5. The number of rotatable bonds is 8. The Morgan fingerprint density at radius 3 is 2.42 bits per heavy atom. The number of anilines is 2. The molecular weight excluding hydrogens is 518 g/mol. The van der Waals surface area contributed by atoms with E-state index in [0.29, 0.717) is 0 Å². The fraction of sp³-hybridized carbons (Fsp3) is 0.485. The summed E-state index contributed by atoms with van der Waals surface area (Å²) in [4.78, 5) is 23.2. The molecular formula is C33H44ClN5O. The maximum atomic E-state index is 13.8. The number of aromatic nitrogens is 1. The molecule has 0 bridgehead atoms. The average molecular weight is 562 g/mol. The molecule has 2 aromatic carbocycles. The van der Waals surface area contributed by atoms with Crippen LogP contribution in [0.2, 0.25) is 5.02 Å². The zero-order valence-corrected chi connectivity index (χ0v) is 25.3. The summed E-state index contributed by atoms with van der Waals surface area (Å²) in [6.07, 6.45) is 3.56. The van der Waals surface area contributed by atoms with E-state index >= 15 is 0 Å². The van der Waals surface area contributed by atoms with E-state index in [-0.39, 0.29) is 11.9 Å². The molecule has 1 atom stereocenters. The van der Waals surface area contributed by atoms with E-state index in [2.05, 4.69) is 81.3 Å². The van der Waals surface area contributed by atoms with Crippen molar-refractivity contribution in [1.29, 1.82) is 0 Å². The van der Waals surface area contributed by atoms with Crippen LogP contribution in [0.1, 0.15) is 54.0 Å². The second-order valence-corrected chi connectivity index (χ2v) is 11.9. The lowest BCUT2D eigenvalue weighted by Gasteiger charge is -2.41. The first-order chi connectivity index (χ1) is 19.4. The van der Waals surface area contributed by atoms with Crippen molar-refractivity contribution in [3.63, 3.8) is 0 Å². The van der Waals surface area contributed by atoms with Gasteiger partial charge in [0.2, 0.25) is 0 Å². The summed E-state index contributed by atoms with van der Waals surface area (Å²) in [6.45, 7) is 13.7. The number of carbonyl (C=O) groups is 1. The summed E-state index contributed by atoms with van der Waals surface area (Å²) in [7, 11) is 2.03. The zero-order valence-electron chi connectivity index (χ0n) is 24.6. The van der Waals surface area contributed by atoms with Gasteiger partial charge in [-0.15, -0.1) is 0 Å². The van der Waals surface area contributed by atoms with Crippen LogP contribution in [0.4, 0.5) is 11.4 Å².